The van der Waals surface area contributed by atoms with Crippen molar-refractivity contribution in [3.8, 4) is 0 Å². The summed E-state index contributed by atoms with van der Waals surface area (Å²) < 4.78 is 9.74. The molecule has 0 aromatic heterocycles. The Morgan fingerprint density at radius 2 is 1.70 bits per heavy atom. The summed E-state index contributed by atoms with van der Waals surface area (Å²) in [6.45, 7) is 0.352. The summed E-state index contributed by atoms with van der Waals surface area (Å²) in [5, 5.41) is 2.65. The van der Waals surface area contributed by atoms with E-state index < -0.39 is 29.7 Å². The van der Waals surface area contributed by atoms with Gasteiger partial charge in [-0.15, -0.1) is 0 Å². The van der Waals surface area contributed by atoms with Gasteiger partial charge in [0.25, 0.3) is 17.7 Å². The molecule has 0 spiro atoms. The molecule has 0 saturated heterocycles. The van der Waals surface area contributed by atoms with Crippen LogP contribution in [0, 0.1) is 0 Å². The van der Waals surface area contributed by atoms with Gasteiger partial charge in [0.1, 0.15) is 6.04 Å². The van der Waals surface area contributed by atoms with E-state index >= 15 is 0 Å². The molecule has 1 heterocycles. The van der Waals surface area contributed by atoms with Crippen LogP contribution >= 0.6 is 0 Å². The van der Waals surface area contributed by atoms with E-state index in [2.05, 4.69) is 5.32 Å². The zero-order valence-electron chi connectivity index (χ0n) is 16.7. The molecule has 8 heteroatoms. The van der Waals surface area contributed by atoms with Gasteiger partial charge in [0.15, 0.2) is 0 Å². The van der Waals surface area contributed by atoms with Crippen molar-refractivity contribution < 1.29 is 28.7 Å². The van der Waals surface area contributed by atoms with Crippen LogP contribution in [0.5, 0.6) is 0 Å². The highest BCUT2D eigenvalue weighted by Gasteiger charge is 2.36. The number of nitrogens with zero attached hydrogens (tertiary/aromatic N) is 1. The van der Waals surface area contributed by atoms with Crippen molar-refractivity contribution in [1.29, 1.82) is 0 Å². The number of carbonyl (C=O) groups excluding carboxylic acids is 4. The summed E-state index contributed by atoms with van der Waals surface area (Å²) in [6.07, 6.45) is 0.256. The maximum Gasteiger partial charge on any atom is 0.328 e. The number of esters is 1. The molecule has 0 aliphatic carbocycles. The summed E-state index contributed by atoms with van der Waals surface area (Å²) in [6, 6.07) is 12.6. The molecule has 3 rings (SSSR count). The average molecular weight is 410 g/mol. The number of carbonyl (C=O) groups is 4. The second kappa shape index (κ2) is 9.32. The van der Waals surface area contributed by atoms with E-state index in [1.54, 1.807) is 0 Å². The minimum absolute atomic E-state index is 0.131. The SMILES string of the molecule is COCCN1C(=O)c2ccc(C(=O)N[C@@H](Cc3ccccc3)C(=O)OC)cc2C1=O. The molecule has 156 valence electrons. The van der Waals surface area contributed by atoms with E-state index in [1.165, 1.54) is 32.4 Å². The minimum Gasteiger partial charge on any atom is -0.467 e. The Hall–Kier alpha value is -3.52. The van der Waals surface area contributed by atoms with E-state index in [4.69, 9.17) is 9.47 Å². The van der Waals surface area contributed by atoms with E-state index in [1.807, 2.05) is 30.3 Å². The van der Waals surface area contributed by atoms with Crippen molar-refractivity contribution in [3.05, 3.63) is 70.8 Å². The van der Waals surface area contributed by atoms with Gasteiger partial charge >= 0.3 is 5.97 Å². The standard InChI is InChI=1S/C22H22N2O6/c1-29-11-10-24-20(26)16-9-8-15(13-17(16)21(24)27)19(25)23-18(22(28)30-2)12-14-6-4-3-5-7-14/h3-9,13,18H,10-12H2,1-2H3,(H,23,25)/t18-/m0/s1. The second-order valence-electron chi connectivity index (χ2n) is 6.75. The first-order chi connectivity index (χ1) is 14.5. The summed E-state index contributed by atoms with van der Waals surface area (Å²) >= 11 is 0. The predicted molar refractivity (Wildman–Crippen MR) is 107 cm³/mol. The molecule has 1 aliphatic heterocycles. The minimum atomic E-state index is -0.895. The van der Waals surface area contributed by atoms with Crippen molar-refractivity contribution in [2.75, 3.05) is 27.4 Å². The average Bonchev–Trinajstić information content (AvgIpc) is 3.01. The fourth-order valence-electron chi connectivity index (χ4n) is 3.24. The van der Waals surface area contributed by atoms with Crippen LogP contribution < -0.4 is 5.32 Å². The third-order valence-corrected chi connectivity index (χ3v) is 4.83. The Morgan fingerprint density at radius 3 is 2.37 bits per heavy atom. The molecule has 2 aromatic carbocycles. The quantitative estimate of drug-likeness (QED) is 0.522. The second-order valence-corrected chi connectivity index (χ2v) is 6.75. The number of imide groups is 1. The van der Waals surface area contributed by atoms with Crippen LogP contribution in [0.25, 0.3) is 0 Å². The van der Waals surface area contributed by atoms with Crippen molar-refractivity contribution in [3.63, 3.8) is 0 Å². The summed E-state index contributed by atoms with van der Waals surface area (Å²) in [4.78, 5) is 50.9. The van der Waals surface area contributed by atoms with Crippen LogP contribution in [-0.2, 0) is 20.7 Å². The lowest BCUT2D eigenvalue weighted by atomic mass is 10.0. The third-order valence-electron chi connectivity index (χ3n) is 4.83. The Labute approximate surface area is 173 Å². The Morgan fingerprint density at radius 1 is 1.00 bits per heavy atom. The lowest BCUT2D eigenvalue weighted by molar-refractivity contribution is -0.142. The molecule has 30 heavy (non-hydrogen) atoms. The number of rotatable bonds is 8. The van der Waals surface area contributed by atoms with Crippen LogP contribution in [-0.4, -0.2) is 62.0 Å². The molecule has 1 atom stereocenters. The maximum absolute atomic E-state index is 12.8. The molecular formula is C22H22N2O6. The van der Waals surface area contributed by atoms with Crippen molar-refractivity contribution in [2.24, 2.45) is 0 Å². The van der Waals surface area contributed by atoms with Gasteiger partial charge in [-0.25, -0.2) is 4.79 Å². The Balaban J connectivity index is 1.78. The largest absolute Gasteiger partial charge is 0.467 e. The maximum atomic E-state index is 12.8. The van der Waals surface area contributed by atoms with Crippen molar-refractivity contribution >= 4 is 23.7 Å². The topological polar surface area (TPSA) is 102 Å². The molecule has 1 aliphatic rings. The number of amides is 3. The Bertz CT molecular complexity index is 973. The number of nitrogens with one attached hydrogen (secondary N) is 1. The fourth-order valence-corrected chi connectivity index (χ4v) is 3.24. The molecule has 0 unspecified atom stereocenters. The molecular weight excluding hydrogens is 388 g/mol. The van der Waals surface area contributed by atoms with Gasteiger partial charge in [-0.3, -0.25) is 19.3 Å². The number of benzene rings is 2. The first-order valence-electron chi connectivity index (χ1n) is 9.38. The molecule has 0 bridgehead atoms. The van der Waals surface area contributed by atoms with E-state index in [0.717, 1.165) is 10.5 Å². The summed E-state index contributed by atoms with van der Waals surface area (Å²) in [5.74, 6) is -2.02. The normalized spacial score (nSPS) is 13.7. The fraction of sp³-hybridized carbons (Fsp3) is 0.273. The predicted octanol–water partition coefficient (Wildman–Crippen LogP) is 1.44. The van der Waals surface area contributed by atoms with Gasteiger partial charge in [-0.2, -0.15) is 0 Å². The summed E-state index contributed by atoms with van der Waals surface area (Å²) in [7, 11) is 2.73. The molecule has 0 saturated carbocycles. The first kappa shape index (κ1) is 21.2. The molecule has 8 nitrogen and oxygen atoms in total. The van der Waals surface area contributed by atoms with Crippen LogP contribution in [0.3, 0.4) is 0 Å². The highest BCUT2D eigenvalue weighted by atomic mass is 16.5. The van der Waals surface area contributed by atoms with E-state index in [0.29, 0.717) is 0 Å². The lowest BCUT2D eigenvalue weighted by Crippen LogP contribution is -2.43. The first-order valence-corrected chi connectivity index (χ1v) is 9.38. The van der Waals surface area contributed by atoms with Gasteiger partial charge in [-0.05, 0) is 23.8 Å². The van der Waals surface area contributed by atoms with E-state index in [-0.39, 0.29) is 36.3 Å². The number of methoxy groups -OCH3 is 2. The zero-order chi connectivity index (χ0) is 21.7. The lowest BCUT2D eigenvalue weighted by Gasteiger charge is -2.17. The van der Waals surface area contributed by atoms with Gasteiger partial charge in [0, 0.05) is 19.1 Å². The molecule has 3 amide bonds. The summed E-state index contributed by atoms with van der Waals surface area (Å²) in [5.41, 5.74) is 1.42. The van der Waals surface area contributed by atoms with Crippen molar-refractivity contribution in [1.82, 2.24) is 10.2 Å². The van der Waals surface area contributed by atoms with Crippen LogP contribution in [0.4, 0.5) is 0 Å². The van der Waals surface area contributed by atoms with Gasteiger partial charge < -0.3 is 14.8 Å². The number of hydrogen-bond donors (Lipinski definition) is 1. The molecule has 0 fully saturated rings. The molecule has 0 radical (unpaired) electrons. The number of hydrogen-bond acceptors (Lipinski definition) is 6. The van der Waals surface area contributed by atoms with E-state index in [9.17, 15) is 19.2 Å². The zero-order valence-corrected chi connectivity index (χ0v) is 16.7. The molecule has 1 N–H and O–H groups in total. The monoisotopic (exact) mass is 410 g/mol. The molecule has 2 aromatic rings. The van der Waals surface area contributed by atoms with Gasteiger partial charge in [-0.1, -0.05) is 30.3 Å². The Kier molecular flexibility index (Phi) is 6.58. The van der Waals surface area contributed by atoms with Crippen molar-refractivity contribution in [2.45, 2.75) is 12.5 Å². The number of fused-ring (bicyclic) bond motifs is 1. The van der Waals surface area contributed by atoms with Gasteiger partial charge in [0.05, 0.1) is 31.4 Å². The third kappa shape index (κ3) is 4.38. The smallest absolute Gasteiger partial charge is 0.328 e. The number of ether oxygens (including phenoxy) is 2. The highest BCUT2D eigenvalue weighted by Crippen LogP contribution is 2.24. The van der Waals surface area contributed by atoms with Crippen LogP contribution in [0.15, 0.2) is 48.5 Å². The van der Waals surface area contributed by atoms with Crippen LogP contribution in [0.2, 0.25) is 0 Å². The van der Waals surface area contributed by atoms with Crippen LogP contribution in [0.1, 0.15) is 36.6 Å². The van der Waals surface area contributed by atoms with Gasteiger partial charge in [0.2, 0.25) is 0 Å². The highest BCUT2D eigenvalue weighted by molar-refractivity contribution is 6.22.